The zero-order valence-electron chi connectivity index (χ0n) is 14.9. The summed E-state index contributed by atoms with van der Waals surface area (Å²) in [5.74, 6) is 3.47. The number of thiocarbonyl (C=S) groups is 1. The number of halogens is 2. The largest absolute Gasteiger partial charge is 0.332 e. The summed E-state index contributed by atoms with van der Waals surface area (Å²) >= 11 is 17.4. The molecule has 0 unspecified atom stereocenters. The highest BCUT2D eigenvalue weighted by atomic mass is 35.5. The summed E-state index contributed by atoms with van der Waals surface area (Å²) in [4.78, 5) is 0. The molecule has 0 amide bonds. The zero-order valence-corrected chi connectivity index (χ0v) is 17.2. The molecule has 2 N–H and O–H groups in total. The van der Waals surface area contributed by atoms with Gasteiger partial charge >= 0.3 is 0 Å². The van der Waals surface area contributed by atoms with Gasteiger partial charge in [0.05, 0.1) is 15.6 Å². The lowest BCUT2D eigenvalue weighted by Crippen LogP contribution is -2.52. The fourth-order valence-corrected chi connectivity index (χ4v) is 6.37. The number of benzene rings is 1. The summed E-state index contributed by atoms with van der Waals surface area (Å²) in [6, 6.07) is 7.36. The van der Waals surface area contributed by atoms with Crippen molar-refractivity contribution >= 4 is 52.0 Å². The van der Waals surface area contributed by atoms with Gasteiger partial charge in [-0.3, -0.25) is 4.68 Å². The van der Waals surface area contributed by atoms with Gasteiger partial charge in [0.15, 0.2) is 10.9 Å². The minimum Gasteiger partial charge on any atom is -0.332 e. The molecule has 4 nitrogen and oxygen atoms in total. The Morgan fingerprint density at radius 2 is 1.67 bits per heavy atom. The van der Waals surface area contributed by atoms with E-state index in [0.29, 0.717) is 15.2 Å². The summed E-state index contributed by atoms with van der Waals surface area (Å²) in [6.45, 7) is 0. The SMILES string of the molecule is S=C(Nc1ccc(Cl)c(Cl)c1)Nc1ccn(C23CC4CC(CC(C4)C2)C3)n1. The van der Waals surface area contributed by atoms with E-state index in [9.17, 15) is 0 Å². The number of nitrogens with zero attached hydrogens (tertiary/aromatic N) is 2. The van der Waals surface area contributed by atoms with Crippen molar-refractivity contribution in [3.63, 3.8) is 0 Å². The molecular weight excluding hydrogens is 399 g/mol. The van der Waals surface area contributed by atoms with Gasteiger partial charge in [-0.05, 0) is 86.7 Å². The third-order valence-corrected chi connectivity index (χ3v) is 7.44. The van der Waals surface area contributed by atoms with Crippen molar-refractivity contribution < 1.29 is 0 Å². The van der Waals surface area contributed by atoms with Gasteiger partial charge in [0, 0.05) is 18.0 Å². The van der Waals surface area contributed by atoms with E-state index in [2.05, 4.69) is 21.5 Å². The molecule has 4 aliphatic rings. The maximum absolute atomic E-state index is 6.06. The molecule has 4 fully saturated rings. The van der Waals surface area contributed by atoms with Crippen molar-refractivity contribution in [2.75, 3.05) is 10.6 Å². The maximum atomic E-state index is 6.06. The molecule has 4 saturated carbocycles. The van der Waals surface area contributed by atoms with Crippen LogP contribution in [0.1, 0.15) is 38.5 Å². The van der Waals surface area contributed by atoms with Gasteiger partial charge in [-0.1, -0.05) is 23.2 Å². The highest BCUT2D eigenvalue weighted by Crippen LogP contribution is 2.58. The van der Waals surface area contributed by atoms with E-state index in [0.717, 1.165) is 29.3 Å². The zero-order chi connectivity index (χ0) is 18.6. The van der Waals surface area contributed by atoms with E-state index in [-0.39, 0.29) is 5.54 Å². The molecule has 1 aromatic carbocycles. The van der Waals surface area contributed by atoms with Crippen molar-refractivity contribution in [3.8, 4) is 0 Å². The molecule has 0 atom stereocenters. The molecule has 142 valence electrons. The molecule has 4 bridgehead atoms. The first kappa shape index (κ1) is 17.8. The lowest BCUT2D eigenvalue weighted by atomic mass is 9.53. The van der Waals surface area contributed by atoms with Gasteiger partial charge in [0.25, 0.3) is 0 Å². The third-order valence-electron chi connectivity index (χ3n) is 6.50. The minimum atomic E-state index is 0.230. The number of anilines is 2. The fourth-order valence-electron chi connectivity index (χ4n) is 5.85. The van der Waals surface area contributed by atoms with Crippen LogP contribution >= 0.6 is 35.4 Å². The maximum Gasteiger partial charge on any atom is 0.176 e. The van der Waals surface area contributed by atoms with Crippen LogP contribution in [-0.2, 0) is 5.54 Å². The monoisotopic (exact) mass is 420 g/mol. The normalized spacial score (nSPS) is 31.1. The number of aromatic nitrogens is 2. The Kier molecular flexibility index (Phi) is 4.37. The second-order valence-electron chi connectivity index (χ2n) is 8.50. The van der Waals surface area contributed by atoms with E-state index in [1.807, 2.05) is 12.1 Å². The first-order chi connectivity index (χ1) is 13.0. The first-order valence-electron chi connectivity index (χ1n) is 9.58. The van der Waals surface area contributed by atoms with E-state index in [1.54, 1.807) is 12.1 Å². The van der Waals surface area contributed by atoms with Crippen molar-refractivity contribution in [1.29, 1.82) is 0 Å². The molecule has 0 aliphatic heterocycles. The average molecular weight is 421 g/mol. The van der Waals surface area contributed by atoms with Crippen LogP contribution in [-0.4, -0.2) is 14.9 Å². The van der Waals surface area contributed by atoms with Crippen LogP contribution in [0.15, 0.2) is 30.5 Å². The van der Waals surface area contributed by atoms with Gasteiger partial charge in [0.1, 0.15) is 0 Å². The van der Waals surface area contributed by atoms with E-state index < -0.39 is 0 Å². The van der Waals surface area contributed by atoms with Crippen LogP contribution in [0, 0.1) is 17.8 Å². The molecule has 27 heavy (non-hydrogen) atoms. The highest BCUT2D eigenvalue weighted by Gasteiger charge is 2.52. The summed E-state index contributed by atoms with van der Waals surface area (Å²) < 4.78 is 2.22. The number of nitrogens with one attached hydrogen (secondary N) is 2. The average Bonchev–Trinajstić information content (AvgIpc) is 3.06. The first-order valence-corrected chi connectivity index (χ1v) is 10.7. The van der Waals surface area contributed by atoms with Gasteiger partial charge in [-0.25, -0.2) is 0 Å². The van der Waals surface area contributed by atoms with Crippen molar-refractivity contribution in [2.45, 2.75) is 44.1 Å². The second kappa shape index (κ2) is 6.64. The lowest BCUT2D eigenvalue weighted by Gasteiger charge is -2.56. The van der Waals surface area contributed by atoms with Gasteiger partial charge in [-0.2, -0.15) is 5.10 Å². The van der Waals surface area contributed by atoms with Crippen LogP contribution in [0.25, 0.3) is 0 Å². The van der Waals surface area contributed by atoms with E-state index in [1.165, 1.54) is 38.5 Å². The van der Waals surface area contributed by atoms with E-state index in [4.69, 9.17) is 40.5 Å². The Balaban J connectivity index is 1.28. The van der Waals surface area contributed by atoms with Gasteiger partial charge in [0.2, 0.25) is 0 Å². The Morgan fingerprint density at radius 1 is 1.00 bits per heavy atom. The molecule has 1 aromatic heterocycles. The predicted octanol–water partition coefficient (Wildman–Crippen LogP) is 5.92. The quantitative estimate of drug-likeness (QED) is 0.604. The predicted molar refractivity (Wildman–Crippen MR) is 115 cm³/mol. The van der Waals surface area contributed by atoms with Gasteiger partial charge in [-0.15, -0.1) is 0 Å². The van der Waals surface area contributed by atoms with Crippen LogP contribution in [0.4, 0.5) is 11.5 Å². The number of rotatable bonds is 3. The molecule has 0 radical (unpaired) electrons. The summed E-state index contributed by atoms with van der Waals surface area (Å²) in [5, 5.41) is 12.7. The molecule has 0 saturated heterocycles. The number of hydrogen-bond donors (Lipinski definition) is 2. The Labute approximate surface area is 174 Å². The standard InChI is InChI=1S/C20H22Cl2N4S/c21-16-2-1-15(8-17(16)22)23-19(27)24-18-3-4-26(25-18)20-9-12-5-13(10-20)7-14(6-12)11-20/h1-4,8,12-14H,5-7,9-11H2,(H2,23,24,25,27). The minimum absolute atomic E-state index is 0.230. The fraction of sp³-hybridized carbons (Fsp3) is 0.500. The van der Waals surface area contributed by atoms with Crippen molar-refractivity contribution in [3.05, 3.63) is 40.5 Å². The van der Waals surface area contributed by atoms with Crippen LogP contribution < -0.4 is 10.6 Å². The molecular formula is C20H22Cl2N4S. The molecule has 6 rings (SSSR count). The van der Waals surface area contributed by atoms with Crippen molar-refractivity contribution in [2.24, 2.45) is 17.8 Å². The Morgan fingerprint density at radius 3 is 2.30 bits per heavy atom. The van der Waals surface area contributed by atoms with Crippen LogP contribution in [0.2, 0.25) is 10.0 Å². The Bertz CT molecular complexity index is 859. The second-order valence-corrected chi connectivity index (χ2v) is 9.72. The molecule has 2 aromatic rings. The molecule has 7 heteroatoms. The summed E-state index contributed by atoms with van der Waals surface area (Å²) in [5.41, 5.74) is 1.02. The smallest absolute Gasteiger partial charge is 0.176 e. The third kappa shape index (κ3) is 3.34. The van der Waals surface area contributed by atoms with Crippen molar-refractivity contribution in [1.82, 2.24) is 9.78 Å². The highest BCUT2D eigenvalue weighted by molar-refractivity contribution is 7.80. The summed E-state index contributed by atoms with van der Waals surface area (Å²) in [6.07, 6.45) is 10.3. The Hall–Kier alpha value is -1.30. The van der Waals surface area contributed by atoms with E-state index >= 15 is 0 Å². The number of hydrogen-bond acceptors (Lipinski definition) is 2. The van der Waals surface area contributed by atoms with Crippen LogP contribution in [0.3, 0.4) is 0 Å². The van der Waals surface area contributed by atoms with Crippen LogP contribution in [0.5, 0.6) is 0 Å². The molecule has 0 spiro atoms. The molecule has 1 heterocycles. The lowest BCUT2D eigenvalue weighted by molar-refractivity contribution is -0.0492. The van der Waals surface area contributed by atoms with Gasteiger partial charge < -0.3 is 10.6 Å². The summed E-state index contributed by atoms with van der Waals surface area (Å²) in [7, 11) is 0. The molecule has 4 aliphatic carbocycles. The topological polar surface area (TPSA) is 41.9 Å².